The number of halogens is 2. The number of hydrogen-bond acceptors (Lipinski definition) is 6. The summed E-state index contributed by atoms with van der Waals surface area (Å²) in [5.41, 5.74) is 1.72. The number of rotatable bonds is 6. The van der Waals surface area contributed by atoms with Crippen LogP contribution in [0.2, 0.25) is 0 Å². The molecule has 0 aliphatic rings. The molecule has 8 heteroatoms. The number of aryl methyl sites for hydroxylation is 1. The van der Waals surface area contributed by atoms with Crippen LogP contribution in [-0.4, -0.2) is 24.2 Å². The minimum Gasteiger partial charge on any atom is -0.497 e. The van der Waals surface area contributed by atoms with E-state index in [0.717, 1.165) is 12.1 Å². The Morgan fingerprint density at radius 2 is 1.67 bits per heavy atom. The molecule has 0 amide bonds. The summed E-state index contributed by atoms with van der Waals surface area (Å²) in [4.78, 5) is 8.70. The molecule has 2 aromatic carbocycles. The molecule has 0 unspecified atom stereocenters. The Balaban J connectivity index is 1.86. The standard InChI is InChI=1S/C19H18F2N4O2/c1-11-8-18(23-12-4-6-14(20)15(21)9-12)25-19(22-11)24-16-7-5-13(26-2)10-17(16)27-3/h4-10H,1-3H3,(H2,22,23,24,25). The molecular formula is C19H18F2N4O2. The third-order valence-corrected chi connectivity index (χ3v) is 3.70. The van der Waals surface area contributed by atoms with Crippen LogP contribution < -0.4 is 20.1 Å². The van der Waals surface area contributed by atoms with Crippen LogP contribution in [0.5, 0.6) is 11.5 Å². The van der Waals surface area contributed by atoms with Gasteiger partial charge in [-0.25, -0.2) is 13.8 Å². The highest BCUT2D eigenvalue weighted by molar-refractivity contribution is 5.66. The Hall–Kier alpha value is -3.42. The molecule has 140 valence electrons. The van der Waals surface area contributed by atoms with Gasteiger partial charge in [0.15, 0.2) is 11.6 Å². The van der Waals surface area contributed by atoms with E-state index in [4.69, 9.17) is 9.47 Å². The van der Waals surface area contributed by atoms with E-state index in [-0.39, 0.29) is 0 Å². The first-order valence-corrected chi connectivity index (χ1v) is 8.05. The van der Waals surface area contributed by atoms with Crippen LogP contribution in [0.25, 0.3) is 0 Å². The van der Waals surface area contributed by atoms with Crippen molar-refractivity contribution in [3.8, 4) is 11.5 Å². The van der Waals surface area contributed by atoms with Crippen LogP contribution in [0, 0.1) is 18.6 Å². The van der Waals surface area contributed by atoms with Gasteiger partial charge in [-0.15, -0.1) is 0 Å². The van der Waals surface area contributed by atoms with E-state index in [1.807, 2.05) is 0 Å². The molecule has 1 heterocycles. The summed E-state index contributed by atoms with van der Waals surface area (Å²) in [5.74, 6) is 0.130. The molecule has 0 atom stereocenters. The fraction of sp³-hybridized carbons (Fsp3) is 0.158. The maximum Gasteiger partial charge on any atom is 0.229 e. The van der Waals surface area contributed by atoms with Crippen LogP contribution >= 0.6 is 0 Å². The molecule has 27 heavy (non-hydrogen) atoms. The second-order valence-corrected chi connectivity index (χ2v) is 5.66. The predicted octanol–water partition coefficient (Wildman–Crippen LogP) is 4.57. The summed E-state index contributed by atoms with van der Waals surface area (Å²) in [6.45, 7) is 1.80. The van der Waals surface area contributed by atoms with Gasteiger partial charge in [0.2, 0.25) is 5.95 Å². The molecular weight excluding hydrogens is 354 g/mol. The molecule has 3 aromatic rings. The first-order chi connectivity index (χ1) is 13.0. The monoisotopic (exact) mass is 372 g/mol. The quantitative estimate of drug-likeness (QED) is 0.661. The Morgan fingerprint density at radius 3 is 2.37 bits per heavy atom. The Kier molecular flexibility index (Phi) is 5.35. The summed E-state index contributed by atoms with van der Waals surface area (Å²) in [6, 6.07) is 10.5. The maximum absolute atomic E-state index is 13.4. The van der Waals surface area contributed by atoms with Gasteiger partial charge < -0.3 is 20.1 Å². The van der Waals surface area contributed by atoms with Gasteiger partial charge in [-0.3, -0.25) is 0 Å². The molecule has 2 N–H and O–H groups in total. The van der Waals surface area contributed by atoms with Crippen molar-refractivity contribution in [2.45, 2.75) is 6.92 Å². The van der Waals surface area contributed by atoms with E-state index < -0.39 is 11.6 Å². The first kappa shape index (κ1) is 18.4. The minimum absolute atomic E-state index is 0.323. The van der Waals surface area contributed by atoms with E-state index >= 15 is 0 Å². The van der Waals surface area contributed by atoms with Crippen molar-refractivity contribution < 1.29 is 18.3 Å². The molecule has 0 aliphatic carbocycles. The highest BCUT2D eigenvalue weighted by Crippen LogP contribution is 2.31. The topological polar surface area (TPSA) is 68.3 Å². The summed E-state index contributed by atoms with van der Waals surface area (Å²) >= 11 is 0. The largest absolute Gasteiger partial charge is 0.497 e. The zero-order chi connectivity index (χ0) is 19.4. The number of ether oxygens (including phenoxy) is 2. The lowest BCUT2D eigenvalue weighted by atomic mass is 10.2. The number of benzene rings is 2. The molecule has 0 spiro atoms. The Labute approximate surface area is 155 Å². The fourth-order valence-electron chi connectivity index (χ4n) is 2.43. The first-order valence-electron chi connectivity index (χ1n) is 8.05. The number of hydrogen-bond donors (Lipinski definition) is 2. The van der Waals surface area contributed by atoms with Gasteiger partial charge >= 0.3 is 0 Å². The highest BCUT2D eigenvalue weighted by atomic mass is 19.2. The van der Waals surface area contributed by atoms with Gasteiger partial charge in [0, 0.05) is 29.6 Å². The van der Waals surface area contributed by atoms with Gasteiger partial charge in [0.1, 0.15) is 17.3 Å². The number of anilines is 4. The van der Waals surface area contributed by atoms with E-state index in [0.29, 0.717) is 40.3 Å². The second kappa shape index (κ2) is 7.86. The van der Waals surface area contributed by atoms with E-state index in [1.54, 1.807) is 45.4 Å². The Bertz CT molecular complexity index is 966. The van der Waals surface area contributed by atoms with Crippen molar-refractivity contribution in [1.29, 1.82) is 0 Å². The number of nitrogens with one attached hydrogen (secondary N) is 2. The van der Waals surface area contributed by atoms with Crippen molar-refractivity contribution >= 4 is 23.1 Å². The van der Waals surface area contributed by atoms with E-state index in [9.17, 15) is 8.78 Å². The maximum atomic E-state index is 13.4. The molecule has 0 aliphatic heterocycles. The Morgan fingerprint density at radius 1 is 0.852 bits per heavy atom. The molecule has 3 rings (SSSR count). The van der Waals surface area contributed by atoms with Crippen LogP contribution in [0.15, 0.2) is 42.5 Å². The molecule has 0 saturated carbocycles. The van der Waals surface area contributed by atoms with Crippen LogP contribution in [0.3, 0.4) is 0 Å². The fourth-order valence-corrected chi connectivity index (χ4v) is 2.43. The summed E-state index contributed by atoms with van der Waals surface area (Å²) in [6.07, 6.45) is 0. The van der Waals surface area contributed by atoms with Crippen molar-refractivity contribution in [2.75, 3.05) is 24.9 Å². The van der Waals surface area contributed by atoms with Crippen molar-refractivity contribution in [3.05, 3.63) is 59.8 Å². The number of aromatic nitrogens is 2. The molecule has 0 radical (unpaired) electrons. The van der Waals surface area contributed by atoms with Crippen molar-refractivity contribution in [1.82, 2.24) is 9.97 Å². The lowest BCUT2D eigenvalue weighted by molar-refractivity contribution is 0.395. The molecule has 1 aromatic heterocycles. The van der Waals surface area contributed by atoms with Gasteiger partial charge in [-0.2, -0.15) is 4.98 Å². The average Bonchev–Trinajstić information content (AvgIpc) is 2.64. The summed E-state index contributed by atoms with van der Waals surface area (Å²) in [5, 5.41) is 6.02. The zero-order valence-electron chi connectivity index (χ0n) is 15.0. The number of nitrogens with zero attached hydrogens (tertiary/aromatic N) is 2. The van der Waals surface area contributed by atoms with E-state index in [1.165, 1.54) is 6.07 Å². The van der Waals surface area contributed by atoms with Crippen LogP contribution in [0.1, 0.15) is 5.69 Å². The lowest BCUT2D eigenvalue weighted by Gasteiger charge is -2.13. The van der Waals surface area contributed by atoms with Crippen molar-refractivity contribution in [3.63, 3.8) is 0 Å². The molecule has 6 nitrogen and oxygen atoms in total. The third kappa shape index (κ3) is 4.41. The van der Waals surface area contributed by atoms with Crippen molar-refractivity contribution in [2.24, 2.45) is 0 Å². The van der Waals surface area contributed by atoms with Gasteiger partial charge in [0.05, 0.1) is 19.9 Å². The third-order valence-electron chi connectivity index (χ3n) is 3.70. The van der Waals surface area contributed by atoms with Crippen LogP contribution in [-0.2, 0) is 0 Å². The smallest absolute Gasteiger partial charge is 0.229 e. The second-order valence-electron chi connectivity index (χ2n) is 5.66. The number of methoxy groups -OCH3 is 2. The minimum atomic E-state index is -0.938. The zero-order valence-corrected chi connectivity index (χ0v) is 15.0. The highest BCUT2D eigenvalue weighted by Gasteiger charge is 2.09. The van der Waals surface area contributed by atoms with Gasteiger partial charge in [-0.1, -0.05) is 0 Å². The normalized spacial score (nSPS) is 10.4. The van der Waals surface area contributed by atoms with E-state index in [2.05, 4.69) is 20.6 Å². The predicted molar refractivity (Wildman–Crippen MR) is 99.2 cm³/mol. The molecule has 0 fully saturated rings. The lowest BCUT2D eigenvalue weighted by Crippen LogP contribution is -2.03. The van der Waals surface area contributed by atoms with Gasteiger partial charge in [-0.05, 0) is 31.2 Å². The summed E-state index contributed by atoms with van der Waals surface area (Å²) < 4.78 is 37.0. The average molecular weight is 372 g/mol. The molecule has 0 saturated heterocycles. The molecule has 0 bridgehead atoms. The van der Waals surface area contributed by atoms with Gasteiger partial charge in [0.25, 0.3) is 0 Å². The summed E-state index contributed by atoms with van der Waals surface area (Å²) in [7, 11) is 3.12. The van der Waals surface area contributed by atoms with Crippen LogP contribution in [0.4, 0.5) is 31.9 Å². The SMILES string of the molecule is COc1ccc(Nc2nc(C)cc(Nc3ccc(F)c(F)c3)n2)c(OC)c1.